The topological polar surface area (TPSA) is 12.0 Å². The van der Waals surface area contributed by atoms with Crippen LogP contribution in [0, 0.1) is 18.8 Å². The molecule has 0 heterocycles. The standard InChI is InChI=1S/C18H31N/c1-6-16(7-2)18(13-19-12-14(3)4)17-11-9-8-10-15(17)5/h8-11,14,16,18-19H,6-7,12-13H2,1-5H3. The molecule has 0 aromatic heterocycles. The van der Waals surface area contributed by atoms with E-state index in [1.165, 1.54) is 24.0 Å². The molecule has 19 heavy (non-hydrogen) atoms. The van der Waals surface area contributed by atoms with Crippen molar-refractivity contribution in [2.24, 2.45) is 11.8 Å². The molecule has 0 spiro atoms. The molecular weight excluding hydrogens is 230 g/mol. The van der Waals surface area contributed by atoms with Gasteiger partial charge in [-0.25, -0.2) is 0 Å². The normalized spacial score (nSPS) is 13.2. The van der Waals surface area contributed by atoms with Crippen molar-refractivity contribution in [2.45, 2.75) is 53.4 Å². The monoisotopic (exact) mass is 261 g/mol. The molecule has 1 aromatic rings. The SMILES string of the molecule is CCC(CC)C(CNCC(C)C)c1ccccc1C. The summed E-state index contributed by atoms with van der Waals surface area (Å²) in [5.74, 6) is 2.15. The van der Waals surface area contributed by atoms with Crippen LogP contribution in [0.1, 0.15) is 57.6 Å². The summed E-state index contributed by atoms with van der Waals surface area (Å²) in [5.41, 5.74) is 2.97. The van der Waals surface area contributed by atoms with Crippen LogP contribution in [0.4, 0.5) is 0 Å². The Balaban J connectivity index is 2.83. The van der Waals surface area contributed by atoms with Crippen molar-refractivity contribution in [3.63, 3.8) is 0 Å². The zero-order valence-corrected chi connectivity index (χ0v) is 13.4. The second-order valence-corrected chi connectivity index (χ2v) is 6.09. The molecule has 1 aromatic carbocycles. The van der Waals surface area contributed by atoms with Crippen molar-refractivity contribution >= 4 is 0 Å². The van der Waals surface area contributed by atoms with Gasteiger partial charge in [-0.3, -0.25) is 0 Å². The first-order valence-corrected chi connectivity index (χ1v) is 7.86. The molecule has 1 nitrogen and oxygen atoms in total. The van der Waals surface area contributed by atoms with Gasteiger partial charge < -0.3 is 5.32 Å². The van der Waals surface area contributed by atoms with Crippen LogP contribution >= 0.6 is 0 Å². The van der Waals surface area contributed by atoms with Crippen LogP contribution in [0.15, 0.2) is 24.3 Å². The lowest BCUT2D eigenvalue weighted by Gasteiger charge is -2.28. The molecule has 108 valence electrons. The van der Waals surface area contributed by atoms with E-state index < -0.39 is 0 Å². The Morgan fingerprint density at radius 3 is 2.16 bits per heavy atom. The largest absolute Gasteiger partial charge is 0.316 e. The highest BCUT2D eigenvalue weighted by molar-refractivity contribution is 5.30. The van der Waals surface area contributed by atoms with Gasteiger partial charge in [0.25, 0.3) is 0 Å². The molecule has 0 saturated heterocycles. The quantitative estimate of drug-likeness (QED) is 0.711. The van der Waals surface area contributed by atoms with Gasteiger partial charge in [0.2, 0.25) is 0 Å². The number of rotatable bonds is 8. The Kier molecular flexibility index (Phi) is 7.15. The van der Waals surface area contributed by atoms with Crippen LogP contribution in [0.3, 0.4) is 0 Å². The molecule has 0 aliphatic heterocycles. The van der Waals surface area contributed by atoms with Gasteiger partial charge in [0.05, 0.1) is 0 Å². The highest BCUT2D eigenvalue weighted by atomic mass is 14.9. The third-order valence-corrected chi connectivity index (χ3v) is 4.12. The number of benzene rings is 1. The first-order chi connectivity index (χ1) is 9.10. The molecule has 0 radical (unpaired) electrons. The van der Waals surface area contributed by atoms with Crippen LogP contribution in [0.25, 0.3) is 0 Å². The van der Waals surface area contributed by atoms with E-state index in [1.807, 2.05) is 0 Å². The second kappa shape index (κ2) is 8.37. The first-order valence-electron chi connectivity index (χ1n) is 7.86. The van der Waals surface area contributed by atoms with Gasteiger partial charge >= 0.3 is 0 Å². The lowest BCUT2D eigenvalue weighted by molar-refractivity contribution is 0.372. The minimum Gasteiger partial charge on any atom is -0.316 e. The van der Waals surface area contributed by atoms with Crippen molar-refractivity contribution in [1.29, 1.82) is 0 Å². The average molecular weight is 261 g/mol. The van der Waals surface area contributed by atoms with Gasteiger partial charge in [0.15, 0.2) is 0 Å². The van der Waals surface area contributed by atoms with E-state index in [2.05, 4.69) is 64.2 Å². The van der Waals surface area contributed by atoms with E-state index in [9.17, 15) is 0 Å². The van der Waals surface area contributed by atoms with E-state index in [0.717, 1.165) is 24.9 Å². The molecule has 0 saturated carbocycles. The Morgan fingerprint density at radius 1 is 1.00 bits per heavy atom. The lowest BCUT2D eigenvalue weighted by atomic mass is 9.81. The summed E-state index contributed by atoms with van der Waals surface area (Å²) in [6, 6.07) is 8.88. The molecule has 1 heteroatoms. The van der Waals surface area contributed by atoms with Crippen LogP contribution in [-0.4, -0.2) is 13.1 Å². The minimum absolute atomic E-state index is 0.648. The molecule has 1 atom stereocenters. The fourth-order valence-corrected chi connectivity index (χ4v) is 2.92. The van der Waals surface area contributed by atoms with Gasteiger partial charge in [-0.2, -0.15) is 0 Å². The number of hydrogen-bond donors (Lipinski definition) is 1. The Bertz CT molecular complexity index is 352. The van der Waals surface area contributed by atoms with Crippen molar-refractivity contribution in [3.8, 4) is 0 Å². The predicted octanol–water partition coefficient (Wildman–Crippen LogP) is 4.76. The lowest BCUT2D eigenvalue weighted by Crippen LogP contribution is -2.29. The van der Waals surface area contributed by atoms with Crippen molar-refractivity contribution in [2.75, 3.05) is 13.1 Å². The summed E-state index contributed by atoms with van der Waals surface area (Å²) in [7, 11) is 0. The number of nitrogens with one attached hydrogen (secondary N) is 1. The Morgan fingerprint density at radius 2 is 1.63 bits per heavy atom. The number of aryl methyl sites for hydroxylation is 1. The van der Waals surface area contributed by atoms with E-state index in [0.29, 0.717) is 5.92 Å². The molecule has 1 N–H and O–H groups in total. The van der Waals surface area contributed by atoms with Gasteiger partial charge in [0, 0.05) is 6.54 Å². The van der Waals surface area contributed by atoms with E-state index in [4.69, 9.17) is 0 Å². The van der Waals surface area contributed by atoms with E-state index in [1.54, 1.807) is 0 Å². The maximum absolute atomic E-state index is 3.66. The summed E-state index contributed by atoms with van der Waals surface area (Å²) < 4.78 is 0. The first kappa shape index (κ1) is 16.2. The number of hydrogen-bond acceptors (Lipinski definition) is 1. The molecule has 0 aliphatic carbocycles. The van der Waals surface area contributed by atoms with Crippen molar-refractivity contribution in [3.05, 3.63) is 35.4 Å². The maximum atomic E-state index is 3.66. The van der Waals surface area contributed by atoms with E-state index in [-0.39, 0.29) is 0 Å². The fraction of sp³-hybridized carbons (Fsp3) is 0.667. The third kappa shape index (κ3) is 4.99. The molecular formula is C18H31N. The summed E-state index contributed by atoms with van der Waals surface area (Å²) >= 11 is 0. The summed E-state index contributed by atoms with van der Waals surface area (Å²) in [6.07, 6.45) is 2.53. The van der Waals surface area contributed by atoms with Crippen LogP contribution < -0.4 is 5.32 Å². The molecule has 1 rings (SSSR count). The Hall–Kier alpha value is -0.820. The molecule has 0 amide bonds. The predicted molar refractivity (Wildman–Crippen MR) is 85.7 cm³/mol. The zero-order valence-electron chi connectivity index (χ0n) is 13.4. The summed E-state index contributed by atoms with van der Waals surface area (Å²) in [6.45, 7) is 13.6. The van der Waals surface area contributed by atoms with Crippen molar-refractivity contribution < 1.29 is 0 Å². The fourth-order valence-electron chi connectivity index (χ4n) is 2.92. The smallest absolute Gasteiger partial charge is 0.00230 e. The Labute approximate surface area is 119 Å². The van der Waals surface area contributed by atoms with E-state index >= 15 is 0 Å². The van der Waals surface area contributed by atoms with Gasteiger partial charge in [-0.1, -0.05) is 64.8 Å². The summed E-state index contributed by atoms with van der Waals surface area (Å²) in [5, 5.41) is 3.66. The molecule has 0 fully saturated rings. The summed E-state index contributed by atoms with van der Waals surface area (Å²) in [4.78, 5) is 0. The van der Waals surface area contributed by atoms with Crippen molar-refractivity contribution in [1.82, 2.24) is 5.32 Å². The third-order valence-electron chi connectivity index (χ3n) is 4.12. The zero-order chi connectivity index (χ0) is 14.3. The van der Waals surface area contributed by atoms with Gasteiger partial charge in [-0.15, -0.1) is 0 Å². The average Bonchev–Trinajstić information content (AvgIpc) is 2.39. The van der Waals surface area contributed by atoms with Crippen LogP contribution in [0.2, 0.25) is 0 Å². The minimum atomic E-state index is 0.648. The second-order valence-electron chi connectivity index (χ2n) is 6.09. The highest BCUT2D eigenvalue weighted by Gasteiger charge is 2.21. The van der Waals surface area contributed by atoms with Gasteiger partial charge in [-0.05, 0) is 42.3 Å². The molecule has 0 aliphatic rings. The highest BCUT2D eigenvalue weighted by Crippen LogP contribution is 2.31. The van der Waals surface area contributed by atoms with Crippen LogP contribution in [0.5, 0.6) is 0 Å². The molecule has 1 unspecified atom stereocenters. The molecule has 0 bridgehead atoms. The maximum Gasteiger partial charge on any atom is 0.00230 e. The van der Waals surface area contributed by atoms with Gasteiger partial charge in [0.1, 0.15) is 0 Å². The van der Waals surface area contributed by atoms with Crippen LogP contribution in [-0.2, 0) is 0 Å².